The molecule has 15 heavy (non-hydrogen) atoms. The Bertz CT molecular complexity index is 245. The SMILES string of the molecule is COC(=O)C(=O)N1CCN(C(C)C)CC1. The number of esters is 1. The van der Waals surface area contributed by atoms with Crippen LogP contribution in [-0.2, 0) is 14.3 Å². The van der Waals surface area contributed by atoms with Crippen LogP contribution >= 0.6 is 0 Å². The normalized spacial score (nSPS) is 18.0. The molecule has 86 valence electrons. The Hall–Kier alpha value is -1.10. The van der Waals surface area contributed by atoms with E-state index in [2.05, 4.69) is 23.5 Å². The average Bonchev–Trinajstić information content (AvgIpc) is 2.27. The number of methoxy groups -OCH3 is 1. The lowest BCUT2D eigenvalue weighted by Gasteiger charge is -2.36. The number of hydrogen-bond donors (Lipinski definition) is 0. The summed E-state index contributed by atoms with van der Waals surface area (Å²) >= 11 is 0. The quantitative estimate of drug-likeness (QED) is 0.444. The summed E-state index contributed by atoms with van der Waals surface area (Å²) in [6.07, 6.45) is 0. The number of hydrogen-bond acceptors (Lipinski definition) is 4. The van der Waals surface area contributed by atoms with E-state index >= 15 is 0 Å². The molecule has 0 aromatic heterocycles. The maximum absolute atomic E-state index is 11.4. The van der Waals surface area contributed by atoms with Crippen LogP contribution in [0.1, 0.15) is 13.8 Å². The van der Waals surface area contributed by atoms with E-state index in [4.69, 9.17) is 0 Å². The van der Waals surface area contributed by atoms with Gasteiger partial charge in [0.2, 0.25) is 0 Å². The van der Waals surface area contributed by atoms with E-state index in [0.29, 0.717) is 19.1 Å². The molecule has 1 aliphatic heterocycles. The molecule has 0 N–H and O–H groups in total. The van der Waals surface area contributed by atoms with Gasteiger partial charge in [-0.25, -0.2) is 4.79 Å². The molecule has 0 radical (unpaired) electrons. The molecule has 0 aromatic rings. The van der Waals surface area contributed by atoms with Gasteiger partial charge in [-0.1, -0.05) is 0 Å². The number of amides is 1. The molecule has 0 spiro atoms. The predicted molar refractivity (Wildman–Crippen MR) is 55.3 cm³/mol. The Balaban J connectivity index is 2.44. The second-order valence-electron chi connectivity index (χ2n) is 3.91. The van der Waals surface area contributed by atoms with Crippen LogP contribution in [0, 0.1) is 0 Å². The van der Waals surface area contributed by atoms with Gasteiger partial charge in [-0.15, -0.1) is 0 Å². The van der Waals surface area contributed by atoms with Gasteiger partial charge in [0, 0.05) is 32.2 Å². The fourth-order valence-electron chi connectivity index (χ4n) is 1.66. The minimum atomic E-state index is -0.770. The smallest absolute Gasteiger partial charge is 0.396 e. The lowest BCUT2D eigenvalue weighted by atomic mass is 10.2. The maximum atomic E-state index is 11.4. The van der Waals surface area contributed by atoms with Crippen molar-refractivity contribution < 1.29 is 14.3 Å². The number of carbonyl (C=O) groups excluding carboxylic acids is 2. The fourth-order valence-corrected chi connectivity index (χ4v) is 1.66. The molecule has 1 amide bonds. The Labute approximate surface area is 90.0 Å². The zero-order valence-corrected chi connectivity index (χ0v) is 9.52. The van der Waals surface area contributed by atoms with E-state index in [1.807, 2.05) is 0 Å². The van der Waals surface area contributed by atoms with Crippen molar-refractivity contribution in [2.45, 2.75) is 19.9 Å². The van der Waals surface area contributed by atoms with Gasteiger partial charge in [0.1, 0.15) is 0 Å². The molecule has 5 nitrogen and oxygen atoms in total. The largest absolute Gasteiger partial charge is 0.462 e. The summed E-state index contributed by atoms with van der Waals surface area (Å²) in [5, 5.41) is 0. The first kappa shape index (κ1) is 12.0. The van der Waals surface area contributed by atoms with E-state index < -0.39 is 11.9 Å². The number of carbonyl (C=O) groups is 2. The first-order valence-corrected chi connectivity index (χ1v) is 5.17. The second kappa shape index (κ2) is 5.11. The van der Waals surface area contributed by atoms with Gasteiger partial charge in [-0.05, 0) is 13.8 Å². The third-order valence-electron chi connectivity index (χ3n) is 2.69. The molecule has 1 fully saturated rings. The minimum Gasteiger partial charge on any atom is -0.462 e. The van der Waals surface area contributed by atoms with E-state index in [9.17, 15) is 9.59 Å². The topological polar surface area (TPSA) is 49.9 Å². The van der Waals surface area contributed by atoms with E-state index in [1.165, 1.54) is 7.11 Å². The number of nitrogens with zero attached hydrogens (tertiary/aromatic N) is 2. The number of ether oxygens (including phenoxy) is 1. The minimum absolute atomic E-state index is 0.486. The monoisotopic (exact) mass is 214 g/mol. The molecule has 1 heterocycles. The molecule has 0 saturated carbocycles. The van der Waals surface area contributed by atoms with Gasteiger partial charge >= 0.3 is 11.9 Å². The molecular weight excluding hydrogens is 196 g/mol. The summed E-state index contributed by atoms with van der Waals surface area (Å²) < 4.78 is 4.40. The predicted octanol–water partition coefficient (Wildman–Crippen LogP) is -0.288. The fraction of sp³-hybridized carbons (Fsp3) is 0.800. The molecular formula is C10H18N2O3. The van der Waals surface area contributed by atoms with Gasteiger partial charge in [0.15, 0.2) is 0 Å². The third-order valence-corrected chi connectivity index (χ3v) is 2.69. The van der Waals surface area contributed by atoms with Gasteiger partial charge in [-0.3, -0.25) is 9.69 Å². The summed E-state index contributed by atoms with van der Waals surface area (Å²) in [6, 6.07) is 0.486. The van der Waals surface area contributed by atoms with E-state index in [0.717, 1.165) is 13.1 Å². The Kier molecular flexibility index (Phi) is 4.08. The van der Waals surface area contributed by atoms with Crippen molar-refractivity contribution in [3.63, 3.8) is 0 Å². The number of piperazine rings is 1. The van der Waals surface area contributed by atoms with Crippen molar-refractivity contribution in [3.05, 3.63) is 0 Å². The van der Waals surface area contributed by atoms with Crippen molar-refractivity contribution in [1.29, 1.82) is 0 Å². The highest BCUT2D eigenvalue weighted by Crippen LogP contribution is 2.06. The van der Waals surface area contributed by atoms with Crippen LogP contribution in [0.25, 0.3) is 0 Å². The average molecular weight is 214 g/mol. The van der Waals surface area contributed by atoms with Crippen LogP contribution in [0.3, 0.4) is 0 Å². The highest BCUT2D eigenvalue weighted by atomic mass is 16.5. The zero-order valence-electron chi connectivity index (χ0n) is 9.52. The summed E-state index contributed by atoms with van der Waals surface area (Å²) in [6.45, 7) is 7.09. The van der Waals surface area contributed by atoms with E-state index in [-0.39, 0.29) is 0 Å². The lowest BCUT2D eigenvalue weighted by molar-refractivity contribution is -0.159. The Morgan fingerprint density at radius 2 is 1.67 bits per heavy atom. The first-order valence-electron chi connectivity index (χ1n) is 5.17. The Morgan fingerprint density at radius 3 is 2.07 bits per heavy atom. The van der Waals surface area contributed by atoms with Crippen LogP contribution in [0.5, 0.6) is 0 Å². The highest BCUT2D eigenvalue weighted by molar-refractivity contribution is 6.32. The van der Waals surface area contributed by atoms with Crippen LogP contribution in [-0.4, -0.2) is 61.0 Å². The molecule has 0 bridgehead atoms. The summed E-state index contributed by atoms with van der Waals surface area (Å²) in [7, 11) is 1.23. The summed E-state index contributed by atoms with van der Waals surface area (Å²) in [5.41, 5.74) is 0. The summed E-state index contributed by atoms with van der Waals surface area (Å²) in [4.78, 5) is 26.3. The Morgan fingerprint density at radius 1 is 1.13 bits per heavy atom. The van der Waals surface area contributed by atoms with Gasteiger partial charge in [0.25, 0.3) is 0 Å². The van der Waals surface area contributed by atoms with Crippen molar-refractivity contribution in [1.82, 2.24) is 9.80 Å². The molecule has 5 heteroatoms. The molecule has 0 atom stereocenters. The van der Waals surface area contributed by atoms with Crippen molar-refractivity contribution >= 4 is 11.9 Å². The number of rotatable bonds is 1. The maximum Gasteiger partial charge on any atom is 0.396 e. The van der Waals surface area contributed by atoms with Crippen LogP contribution < -0.4 is 0 Å². The van der Waals surface area contributed by atoms with Gasteiger partial charge in [-0.2, -0.15) is 0 Å². The van der Waals surface area contributed by atoms with Gasteiger partial charge < -0.3 is 9.64 Å². The van der Waals surface area contributed by atoms with E-state index in [1.54, 1.807) is 4.90 Å². The molecule has 0 unspecified atom stereocenters. The van der Waals surface area contributed by atoms with Crippen molar-refractivity contribution in [2.75, 3.05) is 33.3 Å². The molecule has 1 saturated heterocycles. The van der Waals surface area contributed by atoms with Crippen LogP contribution in [0.4, 0.5) is 0 Å². The third kappa shape index (κ3) is 2.92. The second-order valence-corrected chi connectivity index (χ2v) is 3.91. The highest BCUT2D eigenvalue weighted by Gasteiger charge is 2.26. The van der Waals surface area contributed by atoms with Crippen molar-refractivity contribution in [2.24, 2.45) is 0 Å². The lowest BCUT2D eigenvalue weighted by Crippen LogP contribution is -2.52. The van der Waals surface area contributed by atoms with Crippen LogP contribution in [0.2, 0.25) is 0 Å². The van der Waals surface area contributed by atoms with Gasteiger partial charge in [0.05, 0.1) is 7.11 Å². The summed E-state index contributed by atoms with van der Waals surface area (Å²) in [5.74, 6) is -1.30. The van der Waals surface area contributed by atoms with Crippen LogP contribution in [0.15, 0.2) is 0 Å². The molecule has 0 aromatic carbocycles. The zero-order chi connectivity index (χ0) is 11.4. The standard InChI is InChI=1S/C10H18N2O3/c1-8(2)11-4-6-12(7-5-11)9(13)10(14)15-3/h8H,4-7H2,1-3H3. The molecule has 1 aliphatic rings. The first-order chi connectivity index (χ1) is 7.06. The molecule has 0 aliphatic carbocycles. The van der Waals surface area contributed by atoms with Crippen molar-refractivity contribution in [3.8, 4) is 0 Å². The molecule has 1 rings (SSSR count).